The van der Waals surface area contributed by atoms with Crippen molar-refractivity contribution in [3.8, 4) is 0 Å². The number of rotatable bonds is 5. The molecule has 2 heterocycles. The van der Waals surface area contributed by atoms with Crippen LogP contribution >= 0.6 is 0 Å². The second kappa shape index (κ2) is 5.53. The van der Waals surface area contributed by atoms with Crippen LogP contribution in [-0.2, 0) is 17.8 Å². The van der Waals surface area contributed by atoms with Crippen LogP contribution in [0.15, 0.2) is 24.7 Å². The summed E-state index contributed by atoms with van der Waals surface area (Å²) in [6, 6.07) is 0.332. The van der Waals surface area contributed by atoms with E-state index >= 15 is 0 Å². The van der Waals surface area contributed by atoms with Crippen molar-refractivity contribution >= 4 is 5.97 Å². The Morgan fingerprint density at radius 2 is 2.32 bits per heavy atom. The van der Waals surface area contributed by atoms with E-state index in [0.717, 1.165) is 6.20 Å². The van der Waals surface area contributed by atoms with E-state index in [1.54, 1.807) is 6.20 Å². The first-order chi connectivity index (χ1) is 9.04. The molecule has 19 heavy (non-hydrogen) atoms. The maximum Gasteiger partial charge on any atom is 0.320 e. The highest BCUT2D eigenvalue weighted by molar-refractivity contribution is 5.73. The van der Waals surface area contributed by atoms with Crippen LogP contribution in [-0.4, -0.2) is 37.1 Å². The lowest BCUT2D eigenvalue weighted by molar-refractivity contribution is -0.138. The van der Waals surface area contributed by atoms with Crippen LogP contribution in [0.3, 0.4) is 0 Å². The minimum Gasteiger partial charge on any atom is -0.480 e. The topological polar surface area (TPSA) is 107 Å². The number of hydrogen-bond donors (Lipinski definition) is 2. The van der Waals surface area contributed by atoms with Crippen molar-refractivity contribution in [2.24, 2.45) is 5.73 Å². The Morgan fingerprint density at radius 3 is 3.00 bits per heavy atom. The molecule has 0 aromatic carbocycles. The van der Waals surface area contributed by atoms with Gasteiger partial charge in [0.2, 0.25) is 0 Å². The number of pyridine rings is 1. The second-order valence-corrected chi connectivity index (χ2v) is 4.07. The van der Waals surface area contributed by atoms with Gasteiger partial charge in [0.1, 0.15) is 11.9 Å². The first-order valence-electron chi connectivity index (χ1n) is 5.51. The molecule has 0 aliphatic rings. The number of aliphatic carboxylic acids is 1. The van der Waals surface area contributed by atoms with Gasteiger partial charge >= 0.3 is 5.97 Å². The van der Waals surface area contributed by atoms with E-state index in [4.69, 9.17) is 10.8 Å². The fourth-order valence-electron chi connectivity index (χ4n) is 1.55. The molecule has 0 saturated heterocycles. The highest BCUT2D eigenvalue weighted by Gasteiger charge is 2.14. The quantitative estimate of drug-likeness (QED) is 0.776. The lowest BCUT2D eigenvalue weighted by Gasteiger charge is -2.02. The molecule has 0 spiro atoms. The van der Waals surface area contributed by atoms with E-state index in [1.807, 2.05) is 0 Å². The summed E-state index contributed by atoms with van der Waals surface area (Å²) in [4.78, 5) is 14.3. The number of aromatic nitrogens is 4. The van der Waals surface area contributed by atoms with Crippen molar-refractivity contribution in [3.05, 3.63) is 41.7 Å². The number of carbonyl (C=O) groups is 1. The zero-order valence-corrected chi connectivity index (χ0v) is 9.90. The lowest BCUT2D eigenvalue weighted by Crippen LogP contribution is -2.32. The van der Waals surface area contributed by atoms with Crippen LogP contribution in [0.25, 0.3) is 0 Å². The molecule has 0 radical (unpaired) electrons. The van der Waals surface area contributed by atoms with Crippen LogP contribution in [0.1, 0.15) is 11.3 Å². The summed E-state index contributed by atoms with van der Waals surface area (Å²) in [5.41, 5.74) is 6.50. The summed E-state index contributed by atoms with van der Waals surface area (Å²) in [6.07, 6.45) is 4.31. The fraction of sp³-hybridized carbons (Fsp3) is 0.273. The molecule has 1 unspecified atom stereocenters. The van der Waals surface area contributed by atoms with Crippen LogP contribution in [0.5, 0.6) is 0 Å². The van der Waals surface area contributed by atoms with Crippen molar-refractivity contribution in [2.45, 2.75) is 19.0 Å². The molecule has 0 aliphatic heterocycles. The van der Waals surface area contributed by atoms with Gasteiger partial charge in [0.15, 0.2) is 0 Å². The molecule has 7 nitrogen and oxygen atoms in total. The molecule has 100 valence electrons. The van der Waals surface area contributed by atoms with Gasteiger partial charge in [-0.3, -0.25) is 9.78 Å². The normalized spacial score (nSPS) is 12.3. The Morgan fingerprint density at radius 1 is 1.53 bits per heavy atom. The summed E-state index contributed by atoms with van der Waals surface area (Å²) in [7, 11) is 0. The molecule has 1 atom stereocenters. The molecule has 0 aliphatic carbocycles. The molecule has 0 saturated carbocycles. The summed E-state index contributed by atoms with van der Waals surface area (Å²) in [5, 5.41) is 16.3. The molecule has 2 aromatic heterocycles. The molecule has 3 N–H and O–H groups in total. The first-order valence-corrected chi connectivity index (χ1v) is 5.51. The van der Waals surface area contributed by atoms with Crippen LogP contribution in [0, 0.1) is 5.82 Å². The average molecular weight is 265 g/mol. The highest BCUT2D eigenvalue weighted by atomic mass is 19.1. The number of carboxylic acids is 1. The third-order valence-electron chi connectivity index (χ3n) is 2.44. The Labute approximate surface area is 107 Å². The predicted molar refractivity (Wildman–Crippen MR) is 62.6 cm³/mol. The van der Waals surface area contributed by atoms with Crippen LogP contribution in [0.4, 0.5) is 4.39 Å². The molecule has 2 rings (SSSR count). The number of halogens is 1. The van der Waals surface area contributed by atoms with Crippen molar-refractivity contribution in [1.82, 2.24) is 20.0 Å². The van der Waals surface area contributed by atoms with E-state index < -0.39 is 17.8 Å². The predicted octanol–water partition coefficient (Wildman–Crippen LogP) is -0.185. The number of nitrogens with two attached hydrogens (primary N) is 1. The van der Waals surface area contributed by atoms with Gasteiger partial charge in [-0.1, -0.05) is 5.21 Å². The van der Waals surface area contributed by atoms with E-state index in [0.29, 0.717) is 17.8 Å². The van der Waals surface area contributed by atoms with Gasteiger partial charge in [-0.05, 0) is 11.6 Å². The van der Waals surface area contributed by atoms with Crippen molar-refractivity contribution in [1.29, 1.82) is 0 Å². The van der Waals surface area contributed by atoms with Crippen LogP contribution < -0.4 is 5.73 Å². The van der Waals surface area contributed by atoms with Gasteiger partial charge in [0.05, 0.1) is 18.4 Å². The zero-order valence-electron chi connectivity index (χ0n) is 9.90. The standard InChI is InChI=1S/C11H12FN5O2/c12-8-1-7(3-14-4-8)5-17-6-9(15-16-17)2-10(13)11(18)19/h1,3-4,6,10H,2,5,13H2,(H,18,19). The Hall–Kier alpha value is -2.35. The van der Waals surface area contributed by atoms with Crippen molar-refractivity contribution in [2.75, 3.05) is 0 Å². The second-order valence-electron chi connectivity index (χ2n) is 4.07. The molecule has 2 aromatic rings. The maximum absolute atomic E-state index is 12.9. The largest absolute Gasteiger partial charge is 0.480 e. The van der Waals surface area contributed by atoms with Gasteiger partial charge in [-0.2, -0.15) is 0 Å². The van der Waals surface area contributed by atoms with E-state index in [-0.39, 0.29) is 6.42 Å². The van der Waals surface area contributed by atoms with Crippen molar-refractivity contribution in [3.63, 3.8) is 0 Å². The van der Waals surface area contributed by atoms with Gasteiger partial charge in [0.25, 0.3) is 0 Å². The van der Waals surface area contributed by atoms with E-state index in [9.17, 15) is 9.18 Å². The zero-order chi connectivity index (χ0) is 13.8. The molecule has 0 fully saturated rings. The molecule has 8 heteroatoms. The molecular weight excluding hydrogens is 253 g/mol. The third-order valence-corrected chi connectivity index (χ3v) is 2.44. The highest BCUT2D eigenvalue weighted by Crippen LogP contribution is 2.04. The van der Waals surface area contributed by atoms with E-state index in [2.05, 4.69) is 15.3 Å². The van der Waals surface area contributed by atoms with Crippen molar-refractivity contribution < 1.29 is 14.3 Å². The molecule has 0 amide bonds. The summed E-state index contributed by atoms with van der Waals surface area (Å²) in [6.45, 7) is 0.306. The minimum atomic E-state index is -1.09. The fourth-order valence-corrected chi connectivity index (χ4v) is 1.55. The number of nitrogens with zero attached hydrogens (tertiary/aromatic N) is 4. The molecule has 0 bridgehead atoms. The number of hydrogen-bond acceptors (Lipinski definition) is 5. The SMILES string of the molecule is NC(Cc1cn(Cc2cncc(F)c2)nn1)C(=O)O. The lowest BCUT2D eigenvalue weighted by atomic mass is 10.2. The van der Waals surface area contributed by atoms with Gasteiger partial charge in [-0.15, -0.1) is 5.10 Å². The van der Waals surface area contributed by atoms with Gasteiger partial charge in [-0.25, -0.2) is 9.07 Å². The summed E-state index contributed by atoms with van der Waals surface area (Å²) >= 11 is 0. The van der Waals surface area contributed by atoms with Crippen LogP contribution in [0.2, 0.25) is 0 Å². The smallest absolute Gasteiger partial charge is 0.320 e. The minimum absolute atomic E-state index is 0.0940. The van der Waals surface area contributed by atoms with Gasteiger partial charge < -0.3 is 10.8 Å². The summed E-state index contributed by atoms with van der Waals surface area (Å²) < 4.78 is 14.4. The third kappa shape index (κ3) is 3.55. The van der Waals surface area contributed by atoms with Gasteiger partial charge in [0, 0.05) is 18.8 Å². The summed E-state index contributed by atoms with van der Waals surface area (Å²) in [5.74, 6) is -1.52. The Kier molecular flexibility index (Phi) is 3.81. The Bertz CT molecular complexity index is 586. The first kappa shape index (κ1) is 13.1. The van der Waals surface area contributed by atoms with E-state index in [1.165, 1.54) is 16.9 Å². The average Bonchev–Trinajstić information content (AvgIpc) is 2.76. The number of carboxylic acid groups (broad SMARTS) is 1. The monoisotopic (exact) mass is 265 g/mol. The Balaban J connectivity index is 2.03. The molecular formula is C11H12FN5O2. The maximum atomic E-state index is 12.9.